The van der Waals surface area contributed by atoms with Crippen molar-refractivity contribution in [2.24, 2.45) is 0 Å². The molecule has 1 heterocycles. The van der Waals surface area contributed by atoms with Crippen molar-refractivity contribution in [3.05, 3.63) is 28.2 Å². The van der Waals surface area contributed by atoms with Crippen molar-refractivity contribution in [2.75, 3.05) is 58.2 Å². The summed E-state index contributed by atoms with van der Waals surface area (Å²) in [7, 11) is 1.76. The smallest absolute Gasteiger partial charge is 0.238 e. The summed E-state index contributed by atoms with van der Waals surface area (Å²) in [4.78, 5) is 42.6. The molecule has 0 aromatic heterocycles. The van der Waals surface area contributed by atoms with Gasteiger partial charge in [-0.25, -0.2) is 0 Å². The predicted molar refractivity (Wildman–Crippen MR) is 126 cm³/mol. The second kappa shape index (κ2) is 11.1. The molecule has 0 radical (unpaired) electrons. The molecular formula is C22H34BrN5O3. The molecular weight excluding hydrogens is 462 g/mol. The van der Waals surface area contributed by atoms with Crippen molar-refractivity contribution >= 4 is 39.3 Å². The summed E-state index contributed by atoms with van der Waals surface area (Å²) in [5.41, 5.74) is 1.48. The maximum Gasteiger partial charge on any atom is 0.238 e. The van der Waals surface area contributed by atoms with E-state index in [0.717, 1.165) is 15.7 Å². The summed E-state index contributed by atoms with van der Waals surface area (Å²) in [6.45, 7) is 10.9. The van der Waals surface area contributed by atoms with Crippen molar-refractivity contribution in [3.8, 4) is 0 Å². The molecule has 9 heteroatoms. The third kappa shape index (κ3) is 8.96. The molecule has 2 N–H and O–H groups in total. The van der Waals surface area contributed by atoms with E-state index >= 15 is 0 Å². The molecule has 8 nitrogen and oxygen atoms in total. The number of rotatable bonds is 7. The highest BCUT2D eigenvalue weighted by Gasteiger charge is 2.24. The second-order valence-corrected chi connectivity index (χ2v) is 10.1. The van der Waals surface area contributed by atoms with Crippen molar-refractivity contribution in [3.63, 3.8) is 0 Å². The van der Waals surface area contributed by atoms with Gasteiger partial charge in [-0.1, -0.05) is 15.9 Å². The molecule has 31 heavy (non-hydrogen) atoms. The molecule has 1 aliphatic rings. The Morgan fingerprint density at radius 3 is 2.29 bits per heavy atom. The second-order valence-electron chi connectivity index (χ2n) is 9.13. The number of piperazine rings is 1. The van der Waals surface area contributed by atoms with Gasteiger partial charge in [0.05, 0.1) is 19.6 Å². The molecule has 1 fully saturated rings. The van der Waals surface area contributed by atoms with E-state index < -0.39 is 0 Å². The van der Waals surface area contributed by atoms with Gasteiger partial charge in [0.25, 0.3) is 0 Å². The molecule has 0 bridgehead atoms. The summed E-state index contributed by atoms with van der Waals surface area (Å²) in [5.74, 6) is -0.164. The number of amides is 3. The quantitative estimate of drug-likeness (QED) is 0.601. The Hall–Kier alpha value is -1.97. The Morgan fingerprint density at radius 1 is 1.06 bits per heavy atom. The van der Waals surface area contributed by atoms with E-state index in [0.29, 0.717) is 32.7 Å². The highest BCUT2D eigenvalue weighted by atomic mass is 79.9. The molecule has 1 aromatic rings. The highest BCUT2D eigenvalue weighted by Crippen LogP contribution is 2.19. The Labute approximate surface area is 193 Å². The van der Waals surface area contributed by atoms with Crippen molar-refractivity contribution < 1.29 is 14.4 Å². The van der Waals surface area contributed by atoms with Crippen LogP contribution in [0.5, 0.6) is 0 Å². The number of carbonyl (C=O) groups is 3. The zero-order valence-electron chi connectivity index (χ0n) is 19.1. The summed E-state index contributed by atoms with van der Waals surface area (Å²) >= 11 is 3.41. The van der Waals surface area contributed by atoms with Crippen LogP contribution in [-0.2, 0) is 14.4 Å². The number of likely N-dealkylation sites (N-methyl/N-ethyl adjacent to an activating group) is 1. The van der Waals surface area contributed by atoms with E-state index in [1.54, 1.807) is 16.8 Å². The fourth-order valence-corrected chi connectivity index (χ4v) is 3.88. The Kier molecular flexibility index (Phi) is 9.02. The first-order valence-corrected chi connectivity index (χ1v) is 11.3. The number of hydrogen-bond donors (Lipinski definition) is 2. The lowest BCUT2D eigenvalue weighted by molar-refractivity contribution is -0.134. The maximum absolute atomic E-state index is 12.6. The number of carbonyl (C=O) groups excluding carboxylic acids is 3. The van der Waals surface area contributed by atoms with E-state index in [1.807, 2.05) is 45.9 Å². The summed E-state index contributed by atoms with van der Waals surface area (Å²) in [6, 6.07) is 5.67. The largest absolute Gasteiger partial charge is 0.350 e. The zero-order valence-corrected chi connectivity index (χ0v) is 20.7. The van der Waals surface area contributed by atoms with Gasteiger partial charge in [0, 0.05) is 41.9 Å². The van der Waals surface area contributed by atoms with Crippen molar-refractivity contribution in [2.45, 2.75) is 33.2 Å². The van der Waals surface area contributed by atoms with Crippen LogP contribution in [0.15, 0.2) is 22.7 Å². The van der Waals surface area contributed by atoms with Crippen LogP contribution in [0.4, 0.5) is 5.69 Å². The van der Waals surface area contributed by atoms with E-state index in [2.05, 4.69) is 31.5 Å². The van der Waals surface area contributed by atoms with Gasteiger partial charge in [-0.15, -0.1) is 0 Å². The number of aryl methyl sites for hydroxylation is 1. The van der Waals surface area contributed by atoms with Crippen LogP contribution in [0.2, 0.25) is 0 Å². The topological polar surface area (TPSA) is 85.0 Å². The first-order valence-electron chi connectivity index (χ1n) is 10.5. The third-order valence-corrected chi connectivity index (χ3v) is 5.38. The van der Waals surface area contributed by atoms with Crippen molar-refractivity contribution in [1.29, 1.82) is 0 Å². The van der Waals surface area contributed by atoms with Gasteiger partial charge < -0.3 is 15.5 Å². The van der Waals surface area contributed by atoms with Crippen LogP contribution in [-0.4, -0.2) is 90.8 Å². The molecule has 3 amide bonds. The number of hydrogen-bond acceptors (Lipinski definition) is 5. The summed E-state index contributed by atoms with van der Waals surface area (Å²) < 4.78 is 0.959. The van der Waals surface area contributed by atoms with Gasteiger partial charge in [0.1, 0.15) is 0 Å². The number of anilines is 1. The van der Waals surface area contributed by atoms with E-state index in [-0.39, 0.29) is 36.3 Å². The Bertz CT molecular complexity index is 801. The van der Waals surface area contributed by atoms with Gasteiger partial charge >= 0.3 is 0 Å². The predicted octanol–water partition coefficient (Wildman–Crippen LogP) is 1.69. The third-order valence-electron chi connectivity index (χ3n) is 4.89. The molecule has 0 atom stereocenters. The molecule has 172 valence electrons. The zero-order chi connectivity index (χ0) is 23.2. The van der Waals surface area contributed by atoms with Crippen molar-refractivity contribution in [1.82, 2.24) is 20.0 Å². The standard InChI is InChI=1S/C22H34BrN5O3/c1-16-12-17(23)6-7-18(16)24-19(29)13-26(5)15-21(31)28-10-8-27(9-11-28)14-20(30)25-22(2,3)4/h6-7,12H,8-11,13-15H2,1-5H3,(H,24,29)(H,25,30). The first-order chi connectivity index (χ1) is 14.4. The fourth-order valence-electron chi connectivity index (χ4n) is 3.41. The monoisotopic (exact) mass is 495 g/mol. The first kappa shape index (κ1) is 25.3. The van der Waals surface area contributed by atoms with Crippen LogP contribution in [0.25, 0.3) is 0 Å². The number of benzene rings is 1. The van der Waals surface area contributed by atoms with Gasteiger partial charge in [-0.3, -0.25) is 24.2 Å². The van der Waals surface area contributed by atoms with Gasteiger partial charge in [-0.2, -0.15) is 0 Å². The highest BCUT2D eigenvalue weighted by molar-refractivity contribution is 9.10. The number of halogens is 1. The fraction of sp³-hybridized carbons (Fsp3) is 0.591. The maximum atomic E-state index is 12.6. The average Bonchev–Trinajstić information content (AvgIpc) is 2.62. The minimum atomic E-state index is -0.248. The van der Waals surface area contributed by atoms with Crippen LogP contribution in [0.1, 0.15) is 26.3 Å². The Balaban J connectivity index is 1.73. The lowest BCUT2D eigenvalue weighted by Gasteiger charge is -2.35. The van der Waals surface area contributed by atoms with Crippen LogP contribution in [0.3, 0.4) is 0 Å². The summed E-state index contributed by atoms with van der Waals surface area (Å²) in [5, 5.41) is 5.85. The van der Waals surface area contributed by atoms with Gasteiger partial charge in [0.15, 0.2) is 0 Å². The number of nitrogens with zero attached hydrogens (tertiary/aromatic N) is 3. The molecule has 1 saturated heterocycles. The van der Waals surface area contributed by atoms with E-state index in [9.17, 15) is 14.4 Å². The SMILES string of the molecule is Cc1cc(Br)ccc1NC(=O)CN(C)CC(=O)N1CCN(CC(=O)NC(C)(C)C)CC1. The lowest BCUT2D eigenvalue weighted by Crippen LogP contribution is -2.54. The average molecular weight is 496 g/mol. The molecule has 1 aromatic carbocycles. The van der Waals surface area contributed by atoms with Gasteiger partial charge in [-0.05, 0) is 58.5 Å². The minimum Gasteiger partial charge on any atom is -0.350 e. The van der Waals surface area contributed by atoms with Crippen LogP contribution >= 0.6 is 15.9 Å². The minimum absolute atomic E-state index is 0.000895. The van der Waals surface area contributed by atoms with Gasteiger partial charge in [0.2, 0.25) is 17.7 Å². The molecule has 0 unspecified atom stereocenters. The molecule has 1 aliphatic heterocycles. The van der Waals surface area contributed by atoms with Crippen LogP contribution < -0.4 is 10.6 Å². The Morgan fingerprint density at radius 2 is 1.71 bits per heavy atom. The molecule has 0 spiro atoms. The molecule has 0 saturated carbocycles. The molecule has 0 aliphatic carbocycles. The normalized spacial score (nSPS) is 15.1. The number of nitrogens with one attached hydrogen (secondary N) is 2. The van der Waals surface area contributed by atoms with E-state index in [1.165, 1.54) is 0 Å². The molecule has 2 rings (SSSR count). The lowest BCUT2D eigenvalue weighted by atomic mass is 10.1. The van der Waals surface area contributed by atoms with Crippen LogP contribution in [0, 0.1) is 6.92 Å². The summed E-state index contributed by atoms with van der Waals surface area (Å²) in [6.07, 6.45) is 0. The van der Waals surface area contributed by atoms with E-state index in [4.69, 9.17) is 0 Å².